The van der Waals surface area contributed by atoms with Gasteiger partial charge in [0.05, 0.1) is 5.69 Å². The van der Waals surface area contributed by atoms with Gasteiger partial charge in [-0.3, -0.25) is 4.79 Å². The summed E-state index contributed by atoms with van der Waals surface area (Å²) in [5.74, 6) is -0.487. The van der Waals surface area contributed by atoms with Crippen molar-refractivity contribution in [3.05, 3.63) is 48.6 Å². The Labute approximate surface area is 104 Å². The molecule has 0 spiro atoms. The molecule has 0 aliphatic rings. The third-order valence-corrected chi connectivity index (χ3v) is 1.91. The minimum atomic E-state index is -2.93. The van der Waals surface area contributed by atoms with Gasteiger partial charge in [0.2, 0.25) is 5.91 Å². The van der Waals surface area contributed by atoms with Gasteiger partial charge in [-0.2, -0.15) is 8.78 Å². The summed E-state index contributed by atoms with van der Waals surface area (Å²) in [6.45, 7) is -1.12. The Morgan fingerprint density at radius 2 is 2.06 bits per heavy atom. The third kappa shape index (κ3) is 4.78. The fraction of sp³-hybridized carbons (Fsp3) is 0.154. The van der Waals surface area contributed by atoms with Gasteiger partial charge in [-0.25, -0.2) is 0 Å². The molecule has 96 valence electrons. The molecule has 3 nitrogen and oxygen atoms in total. The largest absolute Gasteiger partial charge is 0.433 e. The maximum Gasteiger partial charge on any atom is 0.387 e. The van der Waals surface area contributed by atoms with Crippen molar-refractivity contribution >= 4 is 11.6 Å². The maximum atomic E-state index is 12.1. The normalized spacial score (nSPS) is 11.3. The number of hydrogen-bond donors (Lipinski definition) is 1. The van der Waals surface area contributed by atoms with Crippen molar-refractivity contribution in [3.8, 4) is 5.75 Å². The second-order valence-corrected chi connectivity index (χ2v) is 3.25. The van der Waals surface area contributed by atoms with Crippen LogP contribution in [0.25, 0.3) is 0 Å². The summed E-state index contributed by atoms with van der Waals surface area (Å²) in [5.41, 5.74) is 0.202. The van der Waals surface area contributed by atoms with Gasteiger partial charge in [0.15, 0.2) is 0 Å². The predicted molar refractivity (Wildman–Crippen MR) is 65.7 cm³/mol. The highest BCUT2D eigenvalue weighted by molar-refractivity contribution is 6.00. The van der Waals surface area contributed by atoms with E-state index in [4.69, 9.17) is 0 Å². The van der Waals surface area contributed by atoms with E-state index >= 15 is 0 Å². The fourth-order valence-electron chi connectivity index (χ4n) is 1.20. The quantitative estimate of drug-likeness (QED) is 0.645. The first kappa shape index (κ1) is 13.9. The Morgan fingerprint density at radius 3 is 2.72 bits per heavy atom. The molecule has 0 unspecified atom stereocenters. The van der Waals surface area contributed by atoms with E-state index in [0.717, 1.165) is 0 Å². The number of carbonyl (C=O) groups is 1. The van der Waals surface area contributed by atoms with Crippen molar-refractivity contribution in [1.29, 1.82) is 0 Å². The first-order valence-corrected chi connectivity index (χ1v) is 5.27. The molecule has 0 heterocycles. The number of ether oxygens (including phenoxy) is 1. The first-order chi connectivity index (χ1) is 8.63. The van der Waals surface area contributed by atoms with Gasteiger partial charge in [0.25, 0.3) is 0 Å². The lowest BCUT2D eigenvalue weighted by atomic mass is 10.3. The lowest BCUT2D eigenvalue weighted by molar-refractivity contribution is -0.112. The number of amides is 1. The van der Waals surface area contributed by atoms with Crippen LogP contribution in [0.3, 0.4) is 0 Å². The molecule has 0 aromatic heterocycles. The molecule has 5 heteroatoms. The predicted octanol–water partition coefficient (Wildman–Crippen LogP) is 3.36. The molecule has 1 N–H and O–H groups in total. The van der Waals surface area contributed by atoms with E-state index in [2.05, 4.69) is 10.1 Å². The molecule has 1 aromatic carbocycles. The smallest absolute Gasteiger partial charge is 0.387 e. The lowest BCUT2D eigenvalue weighted by Gasteiger charge is -2.10. The molecular weight excluding hydrogens is 240 g/mol. The summed E-state index contributed by atoms with van der Waals surface area (Å²) >= 11 is 0. The van der Waals surface area contributed by atoms with Gasteiger partial charge in [0, 0.05) is 6.08 Å². The summed E-state index contributed by atoms with van der Waals surface area (Å²) in [6.07, 6.45) is 6.28. The average molecular weight is 253 g/mol. The second kappa shape index (κ2) is 7.21. The van der Waals surface area contributed by atoms with Crippen molar-refractivity contribution in [2.24, 2.45) is 0 Å². The molecule has 1 amide bonds. The van der Waals surface area contributed by atoms with Gasteiger partial charge >= 0.3 is 6.61 Å². The molecule has 0 saturated heterocycles. The van der Waals surface area contributed by atoms with Crippen LogP contribution in [0.2, 0.25) is 0 Å². The molecule has 0 aliphatic heterocycles. The summed E-state index contributed by atoms with van der Waals surface area (Å²) in [6, 6.07) is 6.00. The zero-order valence-corrected chi connectivity index (χ0v) is 9.77. The van der Waals surface area contributed by atoms with Crippen molar-refractivity contribution in [2.75, 3.05) is 5.32 Å². The van der Waals surface area contributed by atoms with Crippen LogP contribution in [0, 0.1) is 0 Å². The summed E-state index contributed by atoms with van der Waals surface area (Å²) in [7, 11) is 0. The van der Waals surface area contributed by atoms with E-state index in [1.54, 1.807) is 30.4 Å². The maximum absolute atomic E-state index is 12.1. The van der Waals surface area contributed by atoms with Crippen LogP contribution in [0.5, 0.6) is 5.75 Å². The molecule has 0 radical (unpaired) electrons. The molecule has 18 heavy (non-hydrogen) atoms. The van der Waals surface area contributed by atoms with Gasteiger partial charge in [0.1, 0.15) is 5.75 Å². The van der Waals surface area contributed by atoms with Crippen LogP contribution in [-0.4, -0.2) is 12.5 Å². The van der Waals surface area contributed by atoms with E-state index in [0.29, 0.717) is 0 Å². The second-order valence-electron chi connectivity index (χ2n) is 3.25. The monoisotopic (exact) mass is 253 g/mol. The topological polar surface area (TPSA) is 38.3 Å². The van der Waals surface area contributed by atoms with Gasteiger partial charge in [-0.15, -0.1) is 0 Å². The SMILES string of the molecule is CC=CC=CC(=O)Nc1ccccc1OC(F)F. The molecule has 0 saturated carbocycles. The van der Waals surface area contributed by atoms with E-state index in [1.165, 1.54) is 18.2 Å². The number of alkyl halides is 2. The molecule has 0 aliphatic carbocycles. The van der Waals surface area contributed by atoms with Gasteiger partial charge in [-0.05, 0) is 19.1 Å². The molecule has 0 fully saturated rings. The Kier molecular flexibility index (Phi) is 5.57. The molecule has 0 atom stereocenters. The lowest BCUT2D eigenvalue weighted by Crippen LogP contribution is -2.11. The number of carbonyl (C=O) groups excluding carboxylic acids is 1. The van der Waals surface area contributed by atoms with Crippen LogP contribution in [0.15, 0.2) is 48.6 Å². The molecular formula is C13H13F2NO2. The molecule has 0 bridgehead atoms. The zero-order valence-electron chi connectivity index (χ0n) is 9.77. The minimum absolute atomic E-state index is 0.0692. The van der Waals surface area contributed by atoms with Crippen LogP contribution in [0.4, 0.5) is 14.5 Å². The number of para-hydroxylation sites is 2. The molecule has 1 rings (SSSR count). The van der Waals surface area contributed by atoms with Crippen LogP contribution < -0.4 is 10.1 Å². The van der Waals surface area contributed by atoms with Crippen molar-refractivity contribution < 1.29 is 18.3 Å². The highest BCUT2D eigenvalue weighted by atomic mass is 19.3. The Bertz CT molecular complexity index is 456. The summed E-state index contributed by atoms with van der Waals surface area (Å²) in [5, 5.41) is 2.46. The van der Waals surface area contributed by atoms with Crippen LogP contribution in [-0.2, 0) is 4.79 Å². The number of rotatable bonds is 5. The number of hydrogen-bond acceptors (Lipinski definition) is 2. The highest BCUT2D eigenvalue weighted by Gasteiger charge is 2.09. The Morgan fingerprint density at radius 1 is 1.33 bits per heavy atom. The number of anilines is 1. The van der Waals surface area contributed by atoms with E-state index in [9.17, 15) is 13.6 Å². The first-order valence-electron chi connectivity index (χ1n) is 5.27. The zero-order chi connectivity index (χ0) is 13.4. The fourth-order valence-corrected chi connectivity index (χ4v) is 1.20. The summed E-state index contributed by atoms with van der Waals surface area (Å²) in [4.78, 5) is 11.5. The Hall–Kier alpha value is -2.17. The standard InChI is InChI=1S/C13H13F2NO2/c1-2-3-4-9-12(17)16-10-7-5-6-8-11(10)18-13(14)15/h2-9,13H,1H3,(H,16,17). The van der Waals surface area contributed by atoms with Crippen LogP contribution >= 0.6 is 0 Å². The van der Waals surface area contributed by atoms with Gasteiger partial charge in [-0.1, -0.05) is 30.4 Å². The van der Waals surface area contributed by atoms with Crippen molar-refractivity contribution in [3.63, 3.8) is 0 Å². The van der Waals surface area contributed by atoms with Crippen LogP contribution in [0.1, 0.15) is 6.92 Å². The number of allylic oxidation sites excluding steroid dienone is 3. The van der Waals surface area contributed by atoms with E-state index in [1.807, 2.05) is 6.92 Å². The van der Waals surface area contributed by atoms with E-state index in [-0.39, 0.29) is 11.4 Å². The van der Waals surface area contributed by atoms with E-state index < -0.39 is 12.5 Å². The minimum Gasteiger partial charge on any atom is -0.433 e. The number of nitrogens with one attached hydrogen (secondary N) is 1. The van der Waals surface area contributed by atoms with Crippen molar-refractivity contribution in [1.82, 2.24) is 0 Å². The summed E-state index contributed by atoms with van der Waals surface area (Å²) < 4.78 is 28.5. The number of benzene rings is 1. The highest BCUT2D eigenvalue weighted by Crippen LogP contribution is 2.25. The van der Waals surface area contributed by atoms with Crippen molar-refractivity contribution in [2.45, 2.75) is 13.5 Å². The van der Waals surface area contributed by atoms with Gasteiger partial charge < -0.3 is 10.1 Å². The Balaban J connectivity index is 2.74. The number of halogens is 2. The average Bonchev–Trinajstić information content (AvgIpc) is 2.31. The third-order valence-electron chi connectivity index (χ3n) is 1.91. The molecule has 1 aromatic rings.